The first-order chi connectivity index (χ1) is 6.62. The monoisotopic (exact) mass is 217 g/mol. The number of hydrogen-bond acceptors (Lipinski definition) is 1. The maximum atomic E-state index is 12.4. The molecular weight excluding hydrogens is 203 g/mol. The lowest BCUT2D eigenvalue weighted by Crippen LogP contribution is -2.29. The number of halogens is 3. The van der Waals surface area contributed by atoms with Gasteiger partial charge in [-0.3, -0.25) is 0 Å². The topological polar surface area (TPSA) is 26.0 Å². The molecule has 0 aliphatic heterocycles. The highest BCUT2D eigenvalue weighted by atomic mass is 19.4. The van der Waals surface area contributed by atoms with Crippen molar-refractivity contribution in [2.75, 3.05) is 0 Å². The molecule has 0 aliphatic rings. The molecule has 0 saturated carbocycles. The van der Waals surface area contributed by atoms with Gasteiger partial charge in [0.2, 0.25) is 0 Å². The zero-order valence-electron chi connectivity index (χ0n) is 8.94. The van der Waals surface area contributed by atoms with Crippen LogP contribution in [0.3, 0.4) is 0 Å². The van der Waals surface area contributed by atoms with Crippen LogP contribution in [0.25, 0.3) is 0 Å². The van der Waals surface area contributed by atoms with E-state index in [0.29, 0.717) is 5.56 Å². The summed E-state index contributed by atoms with van der Waals surface area (Å²) in [5, 5.41) is 0. The van der Waals surface area contributed by atoms with Gasteiger partial charge in [-0.25, -0.2) is 0 Å². The second-order valence-corrected chi connectivity index (χ2v) is 4.25. The van der Waals surface area contributed by atoms with Crippen LogP contribution in [0.15, 0.2) is 18.2 Å². The summed E-state index contributed by atoms with van der Waals surface area (Å²) >= 11 is 0. The Morgan fingerprint density at radius 2 is 1.67 bits per heavy atom. The van der Waals surface area contributed by atoms with Crippen molar-refractivity contribution in [1.29, 1.82) is 0 Å². The van der Waals surface area contributed by atoms with Crippen molar-refractivity contribution < 1.29 is 13.2 Å². The fourth-order valence-electron chi connectivity index (χ4n) is 1.56. The van der Waals surface area contributed by atoms with E-state index in [0.717, 1.165) is 17.7 Å². The van der Waals surface area contributed by atoms with Crippen LogP contribution in [-0.2, 0) is 11.7 Å². The van der Waals surface area contributed by atoms with Gasteiger partial charge < -0.3 is 5.73 Å². The quantitative estimate of drug-likeness (QED) is 0.768. The Balaban J connectivity index is 3.21. The van der Waals surface area contributed by atoms with Crippen molar-refractivity contribution in [1.82, 2.24) is 0 Å². The highest BCUT2D eigenvalue weighted by Gasteiger charge is 2.31. The van der Waals surface area contributed by atoms with Crippen molar-refractivity contribution in [3.8, 4) is 0 Å². The molecule has 1 rings (SSSR count). The summed E-state index contributed by atoms with van der Waals surface area (Å²) in [6, 6.07) is 3.64. The molecule has 0 spiro atoms. The van der Waals surface area contributed by atoms with E-state index in [1.54, 1.807) is 20.8 Å². The van der Waals surface area contributed by atoms with Gasteiger partial charge in [0.25, 0.3) is 0 Å². The standard InChI is InChI=1S/C11H14F3N/c1-7-6-8(11(12,13)14)4-5-9(7)10(2,3)15/h4-6H,15H2,1-3H3. The van der Waals surface area contributed by atoms with Crippen LogP contribution in [0.1, 0.15) is 30.5 Å². The van der Waals surface area contributed by atoms with Crippen LogP contribution in [0.5, 0.6) is 0 Å². The van der Waals surface area contributed by atoms with Crippen LogP contribution in [0.4, 0.5) is 13.2 Å². The molecule has 0 bridgehead atoms. The van der Waals surface area contributed by atoms with E-state index < -0.39 is 17.3 Å². The fourth-order valence-corrected chi connectivity index (χ4v) is 1.56. The summed E-state index contributed by atoms with van der Waals surface area (Å²) in [6.07, 6.45) is -4.29. The third-order valence-electron chi connectivity index (χ3n) is 2.25. The number of nitrogens with two attached hydrogens (primary N) is 1. The third-order valence-corrected chi connectivity index (χ3v) is 2.25. The van der Waals surface area contributed by atoms with Crippen LogP contribution >= 0.6 is 0 Å². The van der Waals surface area contributed by atoms with E-state index in [1.807, 2.05) is 0 Å². The van der Waals surface area contributed by atoms with Gasteiger partial charge in [-0.2, -0.15) is 13.2 Å². The lowest BCUT2D eigenvalue weighted by molar-refractivity contribution is -0.137. The summed E-state index contributed by atoms with van der Waals surface area (Å²) in [6.45, 7) is 5.17. The lowest BCUT2D eigenvalue weighted by Gasteiger charge is -2.22. The van der Waals surface area contributed by atoms with Crippen LogP contribution in [0, 0.1) is 6.92 Å². The largest absolute Gasteiger partial charge is 0.416 e. The van der Waals surface area contributed by atoms with Crippen molar-refractivity contribution in [2.45, 2.75) is 32.5 Å². The van der Waals surface area contributed by atoms with Gasteiger partial charge in [0, 0.05) is 5.54 Å². The van der Waals surface area contributed by atoms with E-state index >= 15 is 0 Å². The van der Waals surface area contributed by atoms with Gasteiger partial charge in [0.15, 0.2) is 0 Å². The molecule has 0 saturated heterocycles. The van der Waals surface area contributed by atoms with Crippen LogP contribution in [-0.4, -0.2) is 0 Å². The smallest absolute Gasteiger partial charge is 0.322 e. The summed E-state index contributed by atoms with van der Waals surface area (Å²) in [5.41, 5.74) is 5.89. The Bertz CT molecular complexity index is 361. The number of rotatable bonds is 1. The van der Waals surface area contributed by atoms with E-state index in [4.69, 9.17) is 5.73 Å². The number of hydrogen-bond donors (Lipinski definition) is 1. The first kappa shape index (κ1) is 12.0. The van der Waals surface area contributed by atoms with Crippen molar-refractivity contribution >= 4 is 0 Å². The van der Waals surface area contributed by atoms with Crippen molar-refractivity contribution in [2.24, 2.45) is 5.73 Å². The average Bonchev–Trinajstić information content (AvgIpc) is 1.99. The molecule has 84 valence electrons. The van der Waals surface area contributed by atoms with Crippen molar-refractivity contribution in [3.05, 3.63) is 34.9 Å². The molecule has 0 heterocycles. The average molecular weight is 217 g/mol. The van der Waals surface area contributed by atoms with Gasteiger partial charge in [-0.05, 0) is 44.0 Å². The molecule has 0 radical (unpaired) electrons. The molecule has 0 aliphatic carbocycles. The van der Waals surface area contributed by atoms with E-state index in [-0.39, 0.29) is 0 Å². The Morgan fingerprint density at radius 3 is 2.00 bits per heavy atom. The van der Waals surface area contributed by atoms with Crippen molar-refractivity contribution in [3.63, 3.8) is 0 Å². The normalized spacial score (nSPS) is 13.0. The number of benzene rings is 1. The summed E-state index contributed by atoms with van der Waals surface area (Å²) in [4.78, 5) is 0. The molecule has 2 N–H and O–H groups in total. The molecule has 1 aromatic carbocycles. The number of aryl methyl sites for hydroxylation is 1. The summed E-state index contributed by atoms with van der Waals surface area (Å²) < 4.78 is 37.1. The second kappa shape index (κ2) is 3.52. The highest BCUT2D eigenvalue weighted by Crippen LogP contribution is 2.32. The summed E-state index contributed by atoms with van der Waals surface area (Å²) in [7, 11) is 0. The Hall–Kier alpha value is -1.03. The highest BCUT2D eigenvalue weighted by molar-refractivity contribution is 5.36. The fraction of sp³-hybridized carbons (Fsp3) is 0.455. The molecule has 1 aromatic rings. The Labute approximate surface area is 87.1 Å². The van der Waals surface area contributed by atoms with Gasteiger partial charge >= 0.3 is 6.18 Å². The van der Waals surface area contributed by atoms with Gasteiger partial charge in [0.1, 0.15) is 0 Å². The molecule has 15 heavy (non-hydrogen) atoms. The minimum Gasteiger partial charge on any atom is -0.322 e. The predicted octanol–water partition coefficient (Wildman–Crippen LogP) is 3.21. The van der Waals surface area contributed by atoms with Gasteiger partial charge in [-0.15, -0.1) is 0 Å². The zero-order valence-corrected chi connectivity index (χ0v) is 8.94. The van der Waals surface area contributed by atoms with Crippen LogP contribution < -0.4 is 5.73 Å². The summed E-state index contributed by atoms with van der Waals surface area (Å²) in [5.74, 6) is 0. The lowest BCUT2D eigenvalue weighted by atomic mass is 9.90. The first-order valence-corrected chi connectivity index (χ1v) is 4.59. The maximum absolute atomic E-state index is 12.4. The molecule has 1 nitrogen and oxygen atoms in total. The van der Waals surface area contributed by atoms with Crippen LogP contribution in [0.2, 0.25) is 0 Å². The molecule has 0 atom stereocenters. The van der Waals surface area contributed by atoms with E-state index in [1.165, 1.54) is 6.07 Å². The molecule has 4 heteroatoms. The van der Waals surface area contributed by atoms with E-state index in [2.05, 4.69) is 0 Å². The molecule has 0 aromatic heterocycles. The second-order valence-electron chi connectivity index (χ2n) is 4.25. The van der Waals surface area contributed by atoms with E-state index in [9.17, 15) is 13.2 Å². The third kappa shape index (κ3) is 2.72. The molecule has 0 unspecified atom stereocenters. The van der Waals surface area contributed by atoms with Gasteiger partial charge in [-0.1, -0.05) is 6.07 Å². The molecule has 0 fully saturated rings. The predicted molar refractivity (Wildman–Crippen MR) is 53.4 cm³/mol. The zero-order chi connectivity index (χ0) is 11.9. The number of alkyl halides is 3. The minimum absolute atomic E-state index is 0.567. The first-order valence-electron chi connectivity index (χ1n) is 4.59. The Morgan fingerprint density at radius 1 is 1.13 bits per heavy atom. The minimum atomic E-state index is -4.29. The Kier molecular flexibility index (Phi) is 2.83. The molecule has 0 amide bonds. The van der Waals surface area contributed by atoms with Gasteiger partial charge in [0.05, 0.1) is 5.56 Å². The SMILES string of the molecule is Cc1cc(C(F)(F)F)ccc1C(C)(C)N. The maximum Gasteiger partial charge on any atom is 0.416 e. The molecular formula is C11H14F3N.